The van der Waals surface area contributed by atoms with E-state index in [9.17, 15) is 4.79 Å². The summed E-state index contributed by atoms with van der Waals surface area (Å²) in [6.07, 6.45) is 0.756. The molecule has 1 heterocycles. The Kier molecular flexibility index (Phi) is 1.85. The minimum atomic E-state index is -0.0868. The van der Waals surface area contributed by atoms with Crippen LogP contribution in [-0.4, -0.2) is 17.3 Å². The molecule has 8 heavy (non-hydrogen) atoms. The van der Waals surface area contributed by atoms with Crippen LogP contribution in [0.4, 0.5) is 0 Å². The second-order valence-corrected chi connectivity index (χ2v) is 2.68. The number of nitrogens with one attached hydrogen (secondary N) is 1. The van der Waals surface area contributed by atoms with Crippen molar-refractivity contribution in [3.05, 3.63) is 0 Å². The molecule has 3 nitrogen and oxygen atoms in total. The molecule has 1 amide bonds. The van der Waals surface area contributed by atoms with Crippen molar-refractivity contribution in [2.24, 2.45) is 0 Å². The number of amides is 1. The van der Waals surface area contributed by atoms with E-state index < -0.39 is 0 Å². The second kappa shape index (κ2) is 2.46. The summed E-state index contributed by atoms with van der Waals surface area (Å²) < 4.78 is 0. The van der Waals surface area contributed by atoms with Crippen LogP contribution in [0.15, 0.2) is 0 Å². The highest BCUT2D eigenvalue weighted by molar-refractivity contribution is 9.10. The van der Waals surface area contributed by atoms with Crippen LogP contribution in [0.5, 0.6) is 0 Å². The number of hydrogen-bond donors (Lipinski definition) is 1. The van der Waals surface area contributed by atoms with E-state index in [1.54, 1.807) is 0 Å². The maximum Gasteiger partial charge on any atom is 0.257 e. The van der Waals surface area contributed by atoms with Crippen LogP contribution >= 0.6 is 15.9 Å². The summed E-state index contributed by atoms with van der Waals surface area (Å²) in [6.45, 7) is 0.599. The lowest BCUT2D eigenvalue weighted by molar-refractivity contribution is -0.137. The molecule has 1 aliphatic rings. The molecular weight excluding hydrogens is 174 g/mol. The van der Waals surface area contributed by atoms with Crippen molar-refractivity contribution >= 4 is 21.8 Å². The first-order chi connectivity index (χ1) is 3.80. The Labute approximate surface area is 55.5 Å². The molecule has 0 aromatic rings. The fourth-order valence-electron chi connectivity index (χ4n) is 0.480. The maximum atomic E-state index is 10.5. The Morgan fingerprint density at radius 1 is 1.88 bits per heavy atom. The van der Waals surface area contributed by atoms with Gasteiger partial charge in [0.05, 0.1) is 11.4 Å². The predicted octanol–water partition coefficient (Wildman–Crippen LogP) is 0.201. The number of carbonyl (C=O) groups is 1. The summed E-state index contributed by atoms with van der Waals surface area (Å²) in [7, 11) is 0. The van der Waals surface area contributed by atoms with Gasteiger partial charge in [-0.2, -0.15) is 0 Å². The number of halogens is 1. The van der Waals surface area contributed by atoms with Gasteiger partial charge >= 0.3 is 0 Å². The standard InChI is InChI=1S/C4H6BrNO2/c5-3-1-2-8-6-4(3)7/h3H,1-2H2,(H,6,7). The Bertz CT molecular complexity index is 106. The smallest absolute Gasteiger partial charge is 0.257 e. The molecule has 1 unspecified atom stereocenters. The summed E-state index contributed by atoms with van der Waals surface area (Å²) in [6, 6.07) is 0. The minimum Gasteiger partial charge on any atom is -0.274 e. The molecule has 0 bridgehead atoms. The van der Waals surface area contributed by atoms with Gasteiger partial charge < -0.3 is 0 Å². The van der Waals surface area contributed by atoms with E-state index in [1.807, 2.05) is 0 Å². The van der Waals surface area contributed by atoms with Gasteiger partial charge in [-0.1, -0.05) is 15.9 Å². The van der Waals surface area contributed by atoms with E-state index in [0.717, 1.165) is 6.42 Å². The molecule has 0 spiro atoms. The number of hydroxylamine groups is 1. The van der Waals surface area contributed by atoms with E-state index in [-0.39, 0.29) is 10.7 Å². The molecule has 0 radical (unpaired) electrons. The summed E-state index contributed by atoms with van der Waals surface area (Å²) in [5.41, 5.74) is 2.25. The topological polar surface area (TPSA) is 38.3 Å². The van der Waals surface area contributed by atoms with Crippen molar-refractivity contribution in [2.45, 2.75) is 11.2 Å². The highest BCUT2D eigenvalue weighted by Gasteiger charge is 2.18. The molecule has 0 aromatic carbocycles. The molecule has 1 aliphatic heterocycles. The predicted molar refractivity (Wildman–Crippen MR) is 31.4 cm³/mol. The van der Waals surface area contributed by atoms with Gasteiger partial charge in [0.1, 0.15) is 0 Å². The molecule has 0 saturated carbocycles. The lowest BCUT2D eigenvalue weighted by Gasteiger charge is -2.15. The largest absolute Gasteiger partial charge is 0.274 e. The lowest BCUT2D eigenvalue weighted by atomic mass is 10.3. The molecule has 0 aromatic heterocycles. The number of alkyl halides is 1. The highest BCUT2D eigenvalue weighted by Crippen LogP contribution is 2.07. The normalized spacial score (nSPS) is 29.6. The molecule has 1 fully saturated rings. The van der Waals surface area contributed by atoms with E-state index >= 15 is 0 Å². The first-order valence-corrected chi connectivity index (χ1v) is 3.28. The summed E-state index contributed by atoms with van der Waals surface area (Å²) in [4.78, 5) is 15.1. The Hall–Kier alpha value is -0.0900. The summed E-state index contributed by atoms with van der Waals surface area (Å²) in [5.74, 6) is -0.0868. The Morgan fingerprint density at radius 3 is 3.00 bits per heavy atom. The van der Waals surface area contributed by atoms with Crippen LogP contribution in [-0.2, 0) is 9.63 Å². The fraction of sp³-hybridized carbons (Fsp3) is 0.750. The number of hydrogen-bond acceptors (Lipinski definition) is 2. The Morgan fingerprint density at radius 2 is 2.62 bits per heavy atom. The molecule has 46 valence electrons. The first-order valence-electron chi connectivity index (χ1n) is 2.36. The highest BCUT2D eigenvalue weighted by atomic mass is 79.9. The summed E-state index contributed by atoms with van der Waals surface area (Å²) >= 11 is 3.16. The zero-order valence-electron chi connectivity index (χ0n) is 4.19. The van der Waals surface area contributed by atoms with Crippen LogP contribution in [0.2, 0.25) is 0 Å². The van der Waals surface area contributed by atoms with Gasteiger partial charge in [0.15, 0.2) is 0 Å². The quantitative estimate of drug-likeness (QED) is 0.540. The number of carbonyl (C=O) groups excluding carboxylic acids is 1. The monoisotopic (exact) mass is 179 g/mol. The zero-order chi connectivity index (χ0) is 5.98. The third-order valence-corrected chi connectivity index (χ3v) is 1.80. The van der Waals surface area contributed by atoms with Crippen molar-refractivity contribution in [2.75, 3.05) is 6.61 Å². The van der Waals surface area contributed by atoms with Gasteiger partial charge in [-0.3, -0.25) is 9.63 Å². The lowest BCUT2D eigenvalue weighted by Crippen LogP contribution is -2.37. The van der Waals surface area contributed by atoms with Crippen molar-refractivity contribution in [3.63, 3.8) is 0 Å². The molecule has 0 aliphatic carbocycles. The SMILES string of the molecule is O=C1NOCCC1Br. The Balaban J connectivity index is 2.39. The first kappa shape index (κ1) is 6.04. The van der Waals surface area contributed by atoms with Crippen LogP contribution in [0.1, 0.15) is 6.42 Å². The van der Waals surface area contributed by atoms with Crippen LogP contribution < -0.4 is 5.48 Å². The average molecular weight is 180 g/mol. The summed E-state index contributed by atoms with van der Waals surface area (Å²) in [5, 5.41) is 0. The molecular formula is C4H6BrNO2. The maximum absolute atomic E-state index is 10.5. The van der Waals surface area contributed by atoms with Crippen LogP contribution in [0.3, 0.4) is 0 Å². The number of rotatable bonds is 0. The second-order valence-electron chi connectivity index (χ2n) is 1.57. The molecule has 1 rings (SSSR count). The van der Waals surface area contributed by atoms with Gasteiger partial charge in [0, 0.05) is 0 Å². The van der Waals surface area contributed by atoms with E-state index in [4.69, 9.17) is 0 Å². The van der Waals surface area contributed by atoms with Crippen molar-refractivity contribution in [1.29, 1.82) is 0 Å². The van der Waals surface area contributed by atoms with Crippen molar-refractivity contribution < 1.29 is 9.63 Å². The van der Waals surface area contributed by atoms with E-state index in [1.165, 1.54) is 0 Å². The van der Waals surface area contributed by atoms with Crippen LogP contribution in [0, 0.1) is 0 Å². The van der Waals surface area contributed by atoms with Gasteiger partial charge in [0.2, 0.25) is 0 Å². The van der Waals surface area contributed by atoms with E-state index in [2.05, 4.69) is 26.2 Å². The average Bonchev–Trinajstić information content (AvgIpc) is 1.77. The molecule has 4 heteroatoms. The van der Waals surface area contributed by atoms with E-state index in [0.29, 0.717) is 6.61 Å². The van der Waals surface area contributed by atoms with Gasteiger partial charge in [-0.05, 0) is 6.42 Å². The zero-order valence-corrected chi connectivity index (χ0v) is 5.77. The van der Waals surface area contributed by atoms with Gasteiger partial charge in [0.25, 0.3) is 5.91 Å². The fourth-order valence-corrected chi connectivity index (χ4v) is 0.760. The van der Waals surface area contributed by atoms with Gasteiger partial charge in [-0.15, -0.1) is 0 Å². The molecule has 1 N–H and O–H groups in total. The molecule has 1 saturated heterocycles. The van der Waals surface area contributed by atoms with Gasteiger partial charge in [-0.25, -0.2) is 5.48 Å². The molecule has 1 atom stereocenters. The third kappa shape index (κ3) is 1.20. The minimum absolute atomic E-state index is 0.0590. The van der Waals surface area contributed by atoms with Crippen molar-refractivity contribution in [3.8, 4) is 0 Å². The van der Waals surface area contributed by atoms with Crippen molar-refractivity contribution in [1.82, 2.24) is 5.48 Å². The third-order valence-electron chi connectivity index (χ3n) is 0.931. The van der Waals surface area contributed by atoms with Crippen LogP contribution in [0.25, 0.3) is 0 Å².